The Morgan fingerprint density at radius 3 is 2.37 bits per heavy atom. The van der Waals surface area contributed by atoms with E-state index in [4.69, 9.17) is 9.47 Å². The van der Waals surface area contributed by atoms with E-state index in [1.54, 1.807) is 6.08 Å². The minimum Gasteiger partial charge on any atom is -0.488 e. The fourth-order valence-electron chi connectivity index (χ4n) is 3.86. The van der Waals surface area contributed by atoms with E-state index in [9.17, 15) is 4.79 Å². The lowest BCUT2D eigenvalue weighted by molar-refractivity contribution is 0.0521. The van der Waals surface area contributed by atoms with Crippen LogP contribution in [0.1, 0.15) is 50.7 Å². The molecule has 1 aliphatic rings. The quantitative estimate of drug-likeness (QED) is 0.440. The molecule has 0 saturated carbocycles. The van der Waals surface area contributed by atoms with Crippen molar-refractivity contribution in [3.8, 4) is 5.75 Å². The number of hydrogen-bond donors (Lipinski definition) is 0. The van der Waals surface area contributed by atoms with Gasteiger partial charge in [-0.2, -0.15) is 0 Å². The van der Waals surface area contributed by atoms with E-state index in [1.807, 2.05) is 19.9 Å². The van der Waals surface area contributed by atoms with Crippen LogP contribution in [0.4, 0.5) is 0 Å². The highest BCUT2D eigenvalue weighted by Gasteiger charge is 2.29. The van der Waals surface area contributed by atoms with E-state index in [0.717, 1.165) is 24.0 Å². The van der Waals surface area contributed by atoms with Gasteiger partial charge < -0.3 is 9.47 Å². The first-order valence-corrected chi connectivity index (χ1v) is 9.37. The van der Waals surface area contributed by atoms with Gasteiger partial charge in [-0.3, -0.25) is 0 Å². The summed E-state index contributed by atoms with van der Waals surface area (Å²) < 4.78 is 11.4. The van der Waals surface area contributed by atoms with Gasteiger partial charge in [0.15, 0.2) is 0 Å². The second kappa shape index (κ2) is 8.26. The van der Waals surface area contributed by atoms with E-state index in [1.165, 1.54) is 22.3 Å². The Kier molecular flexibility index (Phi) is 5.80. The second-order valence-corrected chi connectivity index (χ2v) is 6.70. The smallest absolute Gasteiger partial charge is 0.342 e. The fourth-order valence-corrected chi connectivity index (χ4v) is 3.86. The Hall–Kier alpha value is -2.81. The van der Waals surface area contributed by atoms with Gasteiger partial charge in [0.1, 0.15) is 17.9 Å². The molecule has 3 rings (SSSR count). The van der Waals surface area contributed by atoms with Gasteiger partial charge in [0.05, 0.1) is 6.61 Å². The molecule has 2 aromatic carbocycles. The summed E-state index contributed by atoms with van der Waals surface area (Å²) in [6, 6.07) is 8.48. The molecule has 140 valence electrons. The molecule has 0 radical (unpaired) electrons. The molecule has 0 spiro atoms. The minimum absolute atomic E-state index is 0.329. The van der Waals surface area contributed by atoms with Crippen molar-refractivity contribution in [3.05, 3.63) is 88.5 Å². The predicted molar refractivity (Wildman–Crippen MR) is 109 cm³/mol. The predicted octanol–water partition coefficient (Wildman–Crippen LogP) is 4.96. The molecule has 0 amide bonds. The van der Waals surface area contributed by atoms with Crippen molar-refractivity contribution >= 4 is 5.97 Å². The number of ether oxygens (including phenoxy) is 2. The number of hydrogen-bond acceptors (Lipinski definition) is 3. The Morgan fingerprint density at radius 2 is 1.78 bits per heavy atom. The molecule has 0 aliphatic heterocycles. The maximum atomic E-state index is 12.8. The van der Waals surface area contributed by atoms with Gasteiger partial charge >= 0.3 is 5.97 Å². The zero-order valence-electron chi connectivity index (χ0n) is 16.1. The maximum Gasteiger partial charge on any atom is 0.342 e. The van der Waals surface area contributed by atoms with Crippen molar-refractivity contribution in [2.45, 2.75) is 33.1 Å². The van der Waals surface area contributed by atoms with Crippen molar-refractivity contribution in [2.24, 2.45) is 0 Å². The Morgan fingerprint density at radius 1 is 1.11 bits per heavy atom. The van der Waals surface area contributed by atoms with Gasteiger partial charge in [0.2, 0.25) is 0 Å². The van der Waals surface area contributed by atoms with Crippen molar-refractivity contribution < 1.29 is 14.3 Å². The number of fused-ring (bicyclic) bond motifs is 2. The number of carbonyl (C=O) groups is 1. The van der Waals surface area contributed by atoms with Crippen LogP contribution in [-0.2, 0) is 24.0 Å². The van der Waals surface area contributed by atoms with E-state index in [2.05, 4.69) is 37.4 Å². The molecule has 0 heterocycles. The molecular weight excluding hydrogens is 336 g/mol. The molecule has 27 heavy (non-hydrogen) atoms. The molecule has 0 unspecified atom stereocenters. The summed E-state index contributed by atoms with van der Waals surface area (Å²) in [4.78, 5) is 12.8. The summed E-state index contributed by atoms with van der Waals surface area (Å²) in [5, 5.41) is 0. The van der Waals surface area contributed by atoms with Gasteiger partial charge in [-0.25, -0.2) is 4.79 Å². The number of rotatable bonds is 7. The first kappa shape index (κ1) is 19.0. The molecule has 1 aliphatic carbocycles. The number of allylic oxidation sites excluding steroid dienone is 1. The van der Waals surface area contributed by atoms with E-state index in [0.29, 0.717) is 30.9 Å². The van der Waals surface area contributed by atoms with Crippen molar-refractivity contribution in [1.29, 1.82) is 0 Å². The summed E-state index contributed by atoms with van der Waals surface area (Å²) >= 11 is 0. The van der Waals surface area contributed by atoms with Crippen molar-refractivity contribution in [2.75, 3.05) is 13.2 Å². The van der Waals surface area contributed by atoms with Crippen LogP contribution in [0, 0.1) is 6.92 Å². The third-order valence-corrected chi connectivity index (χ3v) is 5.08. The highest BCUT2D eigenvalue weighted by Crippen LogP contribution is 2.40. The third kappa shape index (κ3) is 3.55. The molecule has 3 heteroatoms. The summed E-state index contributed by atoms with van der Waals surface area (Å²) in [6.45, 7) is 12.1. The number of benzene rings is 2. The van der Waals surface area contributed by atoms with Gasteiger partial charge in [-0.05, 0) is 60.9 Å². The van der Waals surface area contributed by atoms with Crippen LogP contribution in [0.5, 0.6) is 5.75 Å². The summed E-state index contributed by atoms with van der Waals surface area (Å²) in [5.41, 5.74) is 7.61. The molecule has 0 atom stereocenters. The largest absolute Gasteiger partial charge is 0.488 e. The molecule has 0 bridgehead atoms. The lowest BCUT2D eigenvalue weighted by Crippen LogP contribution is -2.19. The molecule has 0 N–H and O–H groups in total. The Balaban J connectivity index is 2.26. The third-order valence-electron chi connectivity index (χ3n) is 5.08. The molecule has 3 nitrogen and oxygen atoms in total. The van der Waals surface area contributed by atoms with Crippen molar-refractivity contribution in [3.63, 3.8) is 0 Å². The Labute approximate surface area is 161 Å². The second-order valence-electron chi connectivity index (χ2n) is 6.70. The van der Waals surface area contributed by atoms with Crippen LogP contribution in [0.3, 0.4) is 0 Å². The average Bonchev–Trinajstić information content (AvgIpc) is 2.67. The van der Waals surface area contributed by atoms with Crippen LogP contribution < -0.4 is 4.74 Å². The van der Waals surface area contributed by atoms with Gasteiger partial charge in [0, 0.05) is 5.56 Å². The van der Waals surface area contributed by atoms with Crippen LogP contribution >= 0.6 is 0 Å². The molecule has 0 fully saturated rings. The van der Waals surface area contributed by atoms with E-state index >= 15 is 0 Å². The Bertz CT molecular complexity index is 893. The van der Waals surface area contributed by atoms with E-state index < -0.39 is 0 Å². The monoisotopic (exact) mass is 362 g/mol. The van der Waals surface area contributed by atoms with E-state index in [-0.39, 0.29) is 5.97 Å². The van der Waals surface area contributed by atoms with Gasteiger partial charge in [0.25, 0.3) is 0 Å². The highest BCUT2D eigenvalue weighted by molar-refractivity contribution is 5.96. The molecule has 0 aromatic heterocycles. The molecule has 0 saturated heterocycles. The lowest BCUT2D eigenvalue weighted by Gasteiger charge is -2.28. The SMILES string of the molecule is C=CCOc1c(CC=C)c2c(c(C)c1C(=O)OCC)Cc1ccccc1C2. The van der Waals surface area contributed by atoms with Crippen LogP contribution in [0.15, 0.2) is 49.6 Å². The maximum absolute atomic E-state index is 12.8. The minimum atomic E-state index is -0.332. The molecule has 2 aromatic rings. The van der Waals surface area contributed by atoms with Gasteiger partial charge in [-0.1, -0.05) is 43.0 Å². The molecular formula is C24H26O3. The zero-order chi connectivity index (χ0) is 19.4. The van der Waals surface area contributed by atoms with Gasteiger partial charge in [-0.15, -0.1) is 6.58 Å². The summed E-state index contributed by atoms with van der Waals surface area (Å²) in [6.07, 6.45) is 5.85. The van der Waals surface area contributed by atoms with Crippen LogP contribution in [0.2, 0.25) is 0 Å². The highest BCUT2D eigenvalue weighted by atomic mass is 16.5. The standard InChI is InChI=1S/C24H26O3/c1-5-10-19-21-15-18-12-9-8-11-17(18)14-20(21)16(4)22(24(25)26-7-3)23(19)27-13-6-2/h5-6,8-9,11-12H,1-2,7,10,13-15H2,3-4H3. The topological polar surface area (TPSA) is 35.5 Å². The summed E-state index contributed by atoms with van der Waals surface area (Å²) in [7, 11) is 0. The first-order valence-electron chi connectivity index (χ1n) is 9.37. The summed E-state index contributed by atoms with van der Waals surface area (Å²) in [5.74, 6) is 0.282. The van der Waals surface area contributed by atoms with Crippen LogP contribution in [-0.4, -0.2) is 19.2 Å². The fraction of sp³-hybridized carbons (Fsp3) is 0.292. The normalized spacial score (nSPS) is 11.9. The first-order chi connectivity index (χ1) is 13.1. The van der Waals surface area contributed by atoms with Crippen molar-refractivity contribution in [1.82, 2.24) is 0 Å². The number of carbonyl (C=O) groups excluding carboxylic acids is 1. The number of esters is 1. The lowest BCUT2D eigenvalue weighted by atomic mass is 9.79. The van der Waals surface area contributed by atoms with Crippen LogP contribution in [0.25, 0.3) is 0 Å². The average molecular weight is 362 g/mol. The zero-order valence-corrected chi connectivity index (χ0v) is 16.1.